The van der Waals surface area contributed by atoms with E-state index in [9.17, 15) is 4.79 Å². The van der Waals surface area contributed by atoms with Gasteiger partial charge in [-0.25, -0.2) is 0 Å². The Morgan fingerprint density at radius 1 is 1.22 bits per heavy atom. The van der Waals surface area contributed by atoms with Gasteiger partial charge in [-0.1, -0.05) is 11.2 Å². The fourth-order valence-electron chi connectivity index (χ4n) is 3.50. The van der Waals surface area contributed by atoms with Gasteiger partial charge in [-0.3, -0.25) is 9.78 Å². The van der Waals surface area contributed by atoms with Gasteiger partial charge in [0.25, 0.3) is 5.91 Å². The summed E-state index contributed by atoms with van der Waals surface area (Å²) in [6, 6.07) is 13.2. The molecule has 27 heavy (non-hydrogen) atoms. The van der Waals surface area contributed by atoms with Crippen molar-refractivity contribution < 1.29 is 9.32 Å². The molecule has 134 valence electrons. The number of benzene rings is 1. The molecule has 6 nitrogen and oxygen atoms in total. The second-order valence-electron chi connectivity index (χ2n) is 6.50. The molecule has 0 saturated carbocycles. The van der Waals surface area contributed by atoms with E-state index in [4.69, 9.17) is 4.52 Å². The van der Waals surface area contributed by atoms with Gasteiger partial charge in [0.05, 0.1) is 0 Å². The number of thiophene rings is 1. The number of aromatic nitrogens is 3. The molecule has 1 fully saturated rings. The number of rotatable bonds is 3. The lowest BCUT2D eigenvalue weighted by molar-refractivity contribution is 0.0710. The van der Waals surface area contributed by atoms with Gasteiger partial charge in [0.15, 0.2) is 0 Å². The summed E-state index contributed by atoms with van der Waals surface area (Å²) in [5, 5.41) is 7.18. The molecule has 4 aromatic rings. The standard InChI is InChI=1S/C20H16N4O2S/c25-20(14-6-7-17-13(12-14)8-11-27-17)24-10-3-5-16(24)19-22-18(23-26-19)15-4-1-2-9-21-15/h1-2,4,6-9,11-12,16H,3,5,10H2. The monoisotopic (exact) mass is 376 g/mol. The highest BCUT2D eigenvalue weighted by molar-refractivity contribution is 7.17. The lowest BCUT2D eigenvalue weighted by atomic mass is 10.1. The van der Waals surface area contributed by atoms with E-state index in [0.717, 1.165) is 18.2 Å². The fraction of sp³-hybridized carbons (Fsp3) is 0.200. The Hall–Kier alpha value is -3.06. The maximum absolute atomic E-state index is 13.1. The summed E-state index contributed by atoms with van der Waals surface area (Å²) in [6.07, 6.45) is 3.42. The van der Waals surface area contributed by atoms with Crippen LogP contribution in [0.1, 0.15) is 35.1 Å². The Morgan fingerprint density at radius 3 is 3.07 bits per heavy atom. The van der Waals surface area contributed by atoms with Crippen molar-refractivity contribution in [2.24, 2.45) is 0 Å². The molecule has 3 aromatic heterocycles. The highest BCUT2D eigenvalue weighted by Gasteiger charge is 2.34. The van der Waals surface area contributed by atoms with Crippen molar-refractivity contribution in [2.45, 2.75) is 18.9 Å². The van der Waals surface area contributed by atoms with E-state index in [1.165, 1.54) is 4.70 Å². The van der Waals surface area contributed by atoms with E-state index in [2.05, 4.69) is 15.1 Å². The first-order chi connectivity index (χ1) is 13.3. The molecule has 1 aromatic carbocycles. The summed E-state index contributed by atoms with van der Waals surface area (Å²) in [7, 11) is 0. The van der Waals surface area contributed by atoms with Gasteiger partial charge in [0.2, 0.25) is 11.7 Å². The van der Waals surface area contributed by atoms with E-state index in [1.54, 1.807) is 17.5 Å². The molecule has 5 rings (SSSR count). The minimum absolute atomic E-state index is 0.00295. The summed E-state index contributed by atoms with van der Waals surface area (Å²) < 4.78 is 6.67. The molecule has 1 atom stereocenters. The minimum Gasteiger partial charge on any atom is -0.337 e. The Morgan fingerprint density at radius 2 is 2.19 bits per heavy atom. The van der Waals surface area contributed by atoms with Crippen molar-refractivity contribution in [2.75, 3.05) is 6.54 Å². The van der Waals surface area contributed by atoms with Crippen LogP contribution in [-0.2, 0) is 0 Å². The van der Waals surface area contributed by atoms with Gasteiger partial charge >= 0.3 is 0 Å². The number of nitrogens with zero attached hydrogens (tertiary/aromatic N) is 4. The SMILES string of the molecule is O=C(c1ccc2sccc2c1)N1CCCC1c1nc(-c2ccccn2)no1. The van der Waals surface area contributed by atoms with Crippen LogP contribution in [-0.4, -0.2) is 32.5 Å². The zero-order chi connectivity index (χ0) is 18.2. The summed E-state index contributed by atoms with van der Waals surface area (Å²) in [6.45, 7) is 0.687. The third-order valence-electron chi connectivity index (χ3n) is 4.83. The second-order valence-corrected chi connectivity index (χ2v) is 7.45. The summed E-state index contributed by atoms with van der Waals surface area (Å²) in [5.41, 5.74) is 1.35. The molecule has 1 unspecified atom stereocenters. The molecular weight excluding hydrogens is 360 g/mol. The third kappa shape index (κ3) is 2.90. The van der Waals surface area contributed by atoms with Crippen LogP contribution >= 0.6 is 11.3 Å². The van der Waals surface area contributed by atoms with Crippen molar-refractivity contribution in [1.29, 1.82) is 0 Å². The van der Waals surface area contributed by atoms with Gasteiger partial charge in [0, 0.05) is 23.0 Å². The number of amides is 1. The normalized spacial score (nSPS) is 16.9. The van der Waals surface area contributed by atoms with Crippen LogP contribution in [0.25, 0.3) is 21.6 Å². The van der Waals surface area contributed by atoms with Gasteiger partial charge in [-0.2, -0.15) is 4.98 Å². The number of pyridine rings is 1. The van der Waals surface area contributed by atoms with Gasteiger partial charge in [-0.05, 0) is 60.0 Å². The highest BCUT2D eigenvalue weighted by Crippen LogP contribution is 2.33. The molecule has 0 bridgehead atoms. The number of hydrogen-bond acceptors (Lipinski definition) is 6. The lowest BCUT2D eigenvalue weighted by Gasteiger charge is -2.22. The first kappa shape index (κ1) is 16.1. The molecule has 4 heterocycles. The molecule has 1 aliphatic rings. The number of fused-ring (bicyclic) bond motifs is 1. The second kappa shape index (κ2) is 6.59. The Balaban J connectivity index is 1.43. The number of carbonyl (C=O) groups excluding carboxylic acids is 1. The molecule has 1 amide bonds. The predicted molar refractivity (Wildman–Crippen MR) is 102 cm³/mol. The average Bonchev–Trinajstić information content (AvgIpc) is 3.47. The number of carbonyl (C=O) groups is 1. The van der Waals surface area contributed by atoms with Crippen molar-refractivity contribution in [3.05, 3.63) is 65.5 Å². The molecule has 1 saturated heterocycles. The van der Waals surface area contributed by atoms with E-state index in [-0.39, 0.29) is 11.9 Å². The van der Waals surface area contributed by atoms with Crippen LogP contribution in [0.5, 0.6) is 0 Å². The zero-order valence-corrected chi connectivity index (χ0v) is 15.2. The van der Waals surface area contributed by atoms with E-state index >= 15 is 0 Å². The zero-order valence-electron chi connectivity index (χ0n) is 14.4. The average molecular weight is 376 g/mol. The van der Waals surface area contributed by atoms with Crippen LogP contribution in [0.2, 0.25) is 0 Å². The molecular formula is C20H16N4O2S. The maximum Gasteiger partial charge on any atom is 0.254 e. The van der Waals surface area contributed by atoms with E-state index < -0.39 is 0 Å². The minimum atomic E-state index is -0.194. The number of likely N-dealkylation sites (tertiary alicyclic amines) is 1. The number of hydrogen-bond donors (Lipinski definition) is 0. The van der Waals surface area contributed by atoms with Gasteiger partial charge in [-0.15, -0.1) is 11.3 Å². The Kier molecular flexibility index (Phi) is 3.94. The fourth-order valence-corrected chi connectivity index (χ4v) is 4.27. The smallest absolute Gasteiger partial charge is 0.254 e. The Labute approximate surface area is 159 Å². The van der Waals surface area contributed by atoms with Crippen LogP contribution in [0, 0.1) is 0 Å². The van der Waals surface area contributed by atoms with Crippen molar-refractivity contribution in [3.63, 3.8) is 0 Å². The van der Waals surface area contributed by atoms with Crippen LogP contribution in [0.15, 0.2) is 58.6 Å². The Bertz CT molecular complexity index is 1110. The molecule has 0 N–H and O–H groups in total. The topological polar surface area (TPSA) is 72.1 Å². The van der Waals surface area contributed by atoms with Crippen LogP contribution in [0.3, 0.4) is 0 Å². The lowest BCUT2D eigenvalue weighted by Crippen LogP contribution is -2.30. The summed E-state index contributed by atoms with van der Waals surface area (Å²) in [5.74, 6) is 0.922. The highest BCUT2D eigenvalue weighted by atomic mass is 32.1. The quantitative estimate of drug-likeness (QED) is 0.532. The van der Waals surface area contributed by atoms with Crippen LogP contribution in [0.4, 0.5) is 0 Å². The van der Waals surface area contributed by atoms with Crippen LogP contribution < -0.4 is 0 Å². The molecule has 0 radical (unpaired) electrons. The molecule has 7 heteroatoms. The third-order valence-corrected chi connectivity index (χ3v) is 5.73. The summed E-state index contributed by atoms with van der Waals surface area (Å²) >= 11 is 1.67. The van der Waals surface area contributed by atoms with E-state index in [1.807, 2.05) is 52.7 Å². The first-order valence-electron chi connectivity index (χ1n) is 8.83. The van der Waals surface area contributed by atoms with Crippen molar-refractivity contribution in [1.82, 2.24) is 20.0 Å². The maximum atomic E-state index is 13.1. The molecule has 0 spiro atoms. The largest absolute Gasteiger partial charge is 0.337 e. The van der Waals surface area contributed by atoms with Crippen molar-refractivity contribution in [3.8, 4) is 11.5 Å². The predicted octanol–water partition coefficient (Wildman–Crippen LogP) is 4.32. The first-order valence-corrected chi connectivity index (χ1v) is 9.71. The van der Waals surface area contributed by atoms with E-state index in [0.29, 0.717) is 29.5 Å². The van der Waals surface area contributed by atoms with Crippen molar-refractivity contribution >= 4 is 27.3 Å². The van der Waals surface area contributed by atoms with Gasteiger partial charge < -0.3 is 9.42 Å². The van der Waals surface area contributed by atoms with Gasteiger partial charge in [0.1, 0.15) is 11.7 Å². The summed E-state index contributed by atoms with van der Waals surface area (Å²) in [4.78, 5) is 23.7. The molecule has 1 aliphatic heterocycles. The molecule has 0 aliphatic carbocycles.